The number of aryl methyl sites for hydroxylation is 2. The van der Waals surface area contributed by atoms with E-state index in [-0.39, 0.29) is 11.8 Å². The van der Waals surface area contributed by atoms with E-state index in [0.29, 0.717) is 31.8 Å². The van der Waals surface area contributed by atoms with Crippen LogP contribution in [-0.2, 0) is 29.0 Å². The predicted octanol–water partition coefficient (Wildman–Crippen LogP) is 2.95. The van der Waals surface area contributed by atoms with Gasteiger partial charge in [-0.3, -0.25) is 14.6 Å². The fourth-order valence-electron chi connectivity index (χ4n) is 4.23. The zero-order valence-corrected chi connectivity index (χ0v) is 18.9. The third kappa shape index (κ3) is 6.91. The van der Waals surface area contributed by atoms with Gasteiger partial charge in [0.25, 0.3) is 0 Å². The topological polar surface area (TPSA) is 71.3 Å². The summed E-state index contributed by atoms with van der Waals surface area (Å²) in [6.07, 6.45) is 11.2. The highest BCUT2D eigenvalue weighted by Crippen LogP contribution is 2.22. The number of amides is 2. The van der Waals surface area contributed by atoms with Gasteiger partial charge >= 0.3 is 0 Å². The molecule has 0 unspecified atom stereocenters. The summed E-state index contributed by atoms with van der Waals surface area (Å²) < 4.78 is 2.07. The van der Waals surface area contributed by atoms with E-state index in [1.807, 2.05) is 36.3 Å². The Morgan fingerprint density at radius 2 is 2.06 bits per heavy atom. The van der Waals surface area contributed by atoms with Gasteiger partial charge in [0.15, 0.2) is 0 Å². The minimum atomic E-state index is 0.173. The number of carbonyl (C=O) groups is 2. The standard InChI is InChI=1S/C24H35N5O2/c1-3-22-26-14-18-28(22)17-12-24(31)29-15-6-7-20(19-29)9-10-23(30)27(2)16-11-21-8-4-5-13-25-21/h4-5,8,13-14,18,20H,3,6-7,9-12,15-17,19H2,1-2H3/t20-/m0/s1. The van der Waals surface area contributed by atoms with Gasteiger partial charge in [0.2, 0.25) is 11.8 Å². The third-order valence-corrected chi connectivity index (χ3v) is 6.18. The van der Waals surface area contributed by atoms with Gasteiger partial charge in [-0.05, 0) is 37.3 Å². The van der Waals surface area contributed by atoms with Crippen LogP contribution in [0.1, 0.15) is 50.5 Å². The molecule has 3 rings (SSSR count). The fourth-order valence-corrected chi connectivity index (χ4v) is 4.23. The number of rotatable bonds is 10. The number of pyridine rings is 1. The Morgan fingerprint density at radius 1 is 1.19 bits per heavy atom. The van der Waals surface area contributed by atoms with Crippen molar-refractivity contribution in [2.45, 2.75) is 58.4 Å². The van der Waals surface area contributed by atoms with E-state index < -0.39 is 0 Å². The number of hydrogen-bond donors (Lipinski definition) is 0. The number of nitrogens with zero attached hydrogens (tertiary/aromatic N) is 5. The van der Waals surface area contributed by atoms with Crippen molar-refractivity contribution in [3.05, 3.63) is 48.3 Å². The van der Waals surface area contributed by atoms with Crippen LogP contribution in [0.3, 0.4) is 0 Å². The van der Waals surface area contributed by atoms with Crippen molar-refractivity contribution in [2.75, 3.05) is 26.7 Å². The summed E-state index contributed by atoms with van der Waals surface area (Å²) in [5.41, 5.74) is 1.00. The van der Waals surface area contributed by atoms with Crippen LogP contribution in [0.2, 0.25) is 0 Å². The smallest absolute Gasteiger partial charge is 0.224 e. The Morgan fingerprint density at radius 3 is 2.84 bits per heavy atom. The first-order valence-corrected chi connectivity index (χ1v) is 11.5. The minimum Gasteiger partial charge on any atom is -0.345 e. The van der Waals surface area contributed by atoms with Crippen molar-refractivity contribution in [1.29, 1.82) is 0 Å². The molecule has 0 spiro atoms. The lowest BCUT2D eigenvalue weighted by atomic mass is 9.93. The molecule has 2 aromatic rings. The molecule has 0 saturated carbocycles. The monoisotopic (exact) mass is 425 g/mol. The number of piperidine rings is 1. The van der Waals surface area contributed by atoms with E-state index in [1.54, 1.807) is 17.3 Å². The largest absolute Gasteiger partial charge is 0.345 e. The molecule has 0 radical (unpaired) electrons. The molecule has 1 saturated heterocycles. The molecule has 31 heavy (non-hydrogen) atoms. The summed E-state index contributed by atoms with van der Waals surface area (Å²) >= 11 is 0. The molecule has 1 atom stereocenters. The highest BCUT2D eigenvalue weighted by Gasteiger charge is 2.24. The van der Waals surface area contributed by atoms with E-state index >= 15 is 0 Å². The van der Waals surface area contributed by atoms with Crippen LogP contribution in [0.4, 0.5) is 0 Å². The van der Waals surface area contributed by atoms with Crippen molar-refractivity contribution >= 4 is 11.8 Å². The van der Waals surface area contributed by atoms with Crippen LogP contribution in [0, 0.1) is 5.92 Å². The molecule has 1 aliphatic heterocycles. The molecule has 168 valence electrons. The van der Waals surface area contributed by atoms with Crippen LogP contribution < -0.4 is 0 Å². The highest BCUT2D eigenvalue weighted by atomic mass is 16.2. The Hall–Kier alpha value is -2.70. The molecule has 0 N–H and O–H groups in total. The van der Waals surface area contributed by atoms with Crippen molar-refractivity contribution in [2.24, 2.45) is 5.92 Å². The lowest BCUT2D eigenvalue weighted by molar-refractivity contribution is -0.133. The first-order valence-electron chi connectivity index (χ1n) is 11.5. The SMILES string of the molecule is CCc1nccn1CCC(=O)N1CCC[C@@H](CCC(=O)N(C)CCc2ccccn2)C1. The van der Waals surface area contributed by atoms with Crippen LogP contribution in [-0.4, -0.2) is 62.8 Å². The van der Waals surface area contributed by atoms with Gasteiger partial charge in [-0.25, -0.2) is 4.98 Å². The minimum absolute atomic E-state index is 0.173. The molecule has 0 aromatic carbocycles. The maximum Gasteiger partial charge on any atom is 0.224 e. The number of likely N-dealkylation sites (N-methyl/N-ethyl adjacent to an activating group) is 1. The summed E-state index contributed by atoms with van der Waals surface area (Å²) in [4.78, 5) is 37.7. The molecule has 1 aliphatic rings. The Kier molecular flexibility index (Phi) is 8.62. The van der Waals surface area contributed by atoms with Crippen LogP contribution in [0.25, 0.3) is 0 Å². The third-order valence-electron chi connectivity index (χ3n) is 6.18. The van der Waals surface area contributed by atoms with E-state index in [0.717, 1.165) is 56.7 Å². The molecule has 0 bridgehead atoms. The highest BCUT2D eigenvalue weighted by molar-refractivity contribution is 5.76. The van der Waals surface area contributed by atoms with E-state index in [1.165, 1.54) is 0 Å². The summed E-state index contributed by atoms with van der Waals surface area (Å²) in [5, 5.41) is 0. The van der Waals surface area contributed by atoms with Crippen LogP contribution in [0.15, 0.2) is 36.8 Å². The number of aromatic nitrogens is 3. The lowest BCUT2D eigenvalue weighted by Crippen LogP contribution is -2.40. The molecule has 0 aliphatic carbocycles. The van der Waals surface area contributed by atoms with Crippen molar-refractivity contribution in [3.63, 3.8) is 0 Å². The quantitative estimate of drug-likeness (QED) is 0.587. The number of hydrogen-bond acceptors (Lipinski definition) is 4. The van der Waals surface area contributed by atoms with Gasteiger partial charge in [-0.15, -0.1) is 0 Å². The second-order valence-electron chi connectivity index (χ2n) is 8.41. The normalized spacial score (nSPS) is 16.3. The average Bonchev–Trinajstić information content (AvgIpc) is 3.28. The number of carbonyl (C=O) groups excluding carboxylic acids is 2. The Bertz CT molecular complexity index is 836. The van der Waals surface area contributed by atoms with Gasteiger partial charge in [0, 0.05) is 83.2 Å². The maximum absolute atomic E-state index is 12.7. The Labute approximate surface area is 185 Å². The number of likely N-dealkylation sites (tertiary alicyclic amines) is 1. The summed E-state index contributed by atoms with van der Waals surface area (Å²) in [6, 6.07) is 5.86. The van der Waals surface area contributed by atoms with E-state index in [4.69, 9.17) is 0 Å². The van der Waals surface area contributed by atoms with Crippen molar-refractivity contribution in [3.8, 4) is 0 Å². The van der Waals surface area contributed by atoms with E-state index in [9.17, 15) is 9.59 Å². The van der Waals surface area contributed by atoms with Gasteiger partial charge < -0.3 is 14.4 Å². The van der Waals surface area contributed by atoms with Gasteiger partial charge in [-0.1, -0.05) is 13.0 Å². The zero-order chi connectivity index (χ0) is 22.1. The molecule has 7 heteroatoms. The predicted molar refractivity (Wildman–Crippen MR) is 120 cm³/mol. The summed E-state index contributed by atoms with van der Waals surface area (Å²) in [7, 11) is 1.86. The maximum atomic E-state index is 12.7. The molecule has 3 heterocycles. The second kappa shape index (κ2) is 11.6. The van der Waals surface area contributed by atoms with Crippen LogP contribution >= 0.6 is 0 Å². The van der Waals surface area contributed by atoms with E-state index in [2.05, 4.69) is 21.5 Å². The molecule has 2 aromatic heterocycles. The molecular formula is C24H35N5O2. The summed E-state index contributed by atoms with van der Waals surface area (Å²) in [5.74, 6) is 1.81. The Balaban J connectivity index is 1.38. The molecule has 7 nitrogen and oxygen atoms in total. The molecular weight excluding hydrogens is 390 g/mol. The van der Waals surface area contributed by atoms with Gasteiger partial charge in [0.05, 0.1) is 0 Å². The fraction of sp³-hybridized carbons (Fsp3) is 0.583. The van der Waals surface area contributed by atoms with Gasteiger partial charge in [0.1, 0.15) is 5.82 Å². The summed E-state index contributed by atoms with van der Waals surface area (Å²) in [6.45, 7) is 5.04. The number of imidazole rings is 1. The zero-order valence-electron chi connectivity index (χ0n) is 18.9. The molecule has 1 fully saturated rings. The van der Waals surface area contributed by atoms with Crippen molar-refractivity contribution < 1.29 is 9.59 Å². The van der Waals surface area contributed by atoms with Gasteiger partial charge in [-0.2, -0.15) is 0 Å². The second-order valence-corrected chi connectivity index (χ2v) is 8.41. The van der Waals surface area contributed by atoms with Crippen molar-refractivity contribution in [1.82, 2.24) is 24.3 Å². The van der Waals surface area contributed by atoms with Crippen LogP contribution in [0.5, 0.6) is 0 Å². The lowest BCUT2D eigenvalue weighted by Gasteiger charge is -2.33. The molecule has 2 amide bonds. The first kappa shape index (κ1) is 23.0. The first-order chi connectivity index (χ1) is 15.1. The average molecular weight is 426 g/mol.